The summed E-state index contributed by atoms with van der Waals surface area (Å²) in [7, 11) is 0.0350. The zero-order valence-corrected chi connectivity index (χ0v) is 12.6. The smallest absolute Gasteiger partial charge is 0.488 e. The van der Waals surface area contributed by atoms with Gasteiger partial charge in [0.15, 0.2) is 0 Å². The highest BCUT2D eigenvalue weighted by atomic mass is 35.5. The quantitative estimate of drug-likeness (QED) is 0.829. The van der Waals surface area contributed by atoms with Crippen molar-refractivity contribution in [2.24, 2.45) is 0 Å². The molecule has 2 N–H and O–H groups in total. The first kappa shape index (κ1) is 15.7. The third kappa shape index (κ3) is 3.91. The highest BCUT2D eigenvalue weighted by Crippen LogP contribution is 2.23. The standard InChI is InChI=1S/C15H16BClO4/c1-10-7-13(4-5-14(10)17)21-9-11-8-12(16(18)19)3-6-15(11)20-2/h3-8,18-19H,9H2,1-2H3. The van der Waals surface area contributed by atoms with Gasteiger partial charge in [0, 0.05) is 10.6 Å². The van der Waals surface area contributed by atoms with Crippen molar-refractivity contribution in [3.05, 3.63) is 52.5 Å². The van der Waals surface area contributed by atoms with Crippen LogP contribution in [-0.4, -0.2) is 24.3 Å². The van der Waals surface area contributed by atoms with Gasteiger partial charge in [0.05, 0.1) is 7.11 Å². The molecule has 0 fully saturated rings. The summed E-state index contributed by atoms with van der Waals surface area (Å²) in [6, 6.07) is 10.3. The van der Waals surface area contributed by atoms with Gasteiger partial charge in [0.25, 0.3) is 0 Å². The lowest BCUT2D eigenvalue weighted by Gasteiger charge is -2.12. The summed E-state index contributed by atoms with van der Waals surface area (Å²) < 4.78 is 11.0. The number of hydrogen-bond donors (Lipinski definition) is 2. The van der Waals surface area contributed by atoms with E-state index in [0.717, 1.165) is 11.1 Å². The van der Waals surface area contributed by atoms with Crippen LogP contribution in [0.3, 0.4) is 0 Å². The lowest BCUT2D eigenvalue weighted by atomic mass is 9.79. The summed E-state index contributed by atoms with van der Waals surface area (Å²) in [5.41, 5.74) is 2.05. The molecule has 21 heavy (non-hydrogen) atoms. The maximum atomic E-state index is 9.22. The second kappa shape index (κ2) is 6.85. The number of aryl methyl sites for hydroxylation is 1. The van der Waals surface area contributed by atoms with Crippen molar-refractivity contribution in [3.8, 4) is 11.5 Å². The summed E-state index contributed by atoms with van der Waals surface area (Å²) >= 11 is 5.97. The number of hydrogen-bond acceptors (Lipinski definition) is 4. The summed E-state index contributed by atoms with van der Waals surface area (Å²) in [5, 5.41) is 19.1. The van der Waals surface area contributed by atoms with Crippen molar-refractivity contribution in [3.63, 3.8) is 0 Å². The lowest BCUT2D eigenvalue weighted by molar-refractivity contribution is 0.296. The van der Waals surface area contributed by atoms with Gasteiger partial charge < -0.3 is 19.5 Å². The molecule has 0 aromatic heterocycles. The molecule has 6 heteroatoms. The van der Waals surface area contributed by atoms with E-state index in [1.54, 1.807) is 37.4 Å². The second-order valence-corrected chi connectivity index (χ2v) is 5.05. The van der Waals surface area contributed by atoms with Crippen molar-refractivity contribution in [2.45, 2.75) is 13.5 Å². The minimum absolute atomic E-state index is 0.255. The van der Waals surface area contributed by atoms with Gasteiger partial charge in [-0.1, -0.05) is 23.7 Å². The molecular weight excluding hydrogens is 290 g/mol. The Hall–Kier alpha value is -1.69. The van der Waals surface area contributed by atoms with Gasteiger partial charge in [-0.2, -0.15) is 0 Å². The molecular formula is C15H16BClO4. The molecule has 2 aromatic carbocycles. The van der Waals surface area contributed by atoms with Crippen LogP contribution in [0.25, 0.3) is 0 Å². The lowest BCUT2D eigenvalue weighted by Crippen LogP contribution is -2.30. The predicted molar refractivity (Wildman–Crippen MR) is 83.3 cm³/mol. The van der Waals surface area contributed by atoms with Crippen molar-refractivity contribution in [1.82, 2.24) is 0 Å². The van der Waals surface area contributed by atoms with E-state index in [1.165, 1.54) is 0 Å². The Balaban J connectivity index is 2.17. The zero-order chi connectivity index (χ0) is 15.4. The molecule has 0 heterocycles. The Bertz CT molecular complexity index is 631. The topological polar surface area (TPSA) is 58.9 Å². The Morgan fingerprint density at radius 1 is 1.14 bits per heavy atom. The molecule has 0 aliphatic rings. The molecule has 0 radical (unpaired) electrons. The summed E-state index contributed by atoms with van der Waals surface area (Å²) in [6.07, 6.45) is 0. The van der Waals surface area contributed by atoms with E-state index in [0.29, 0.717) is 22.0 Å². The first-order valence-electron chi connectivity index (χ1n) is 6.43. The Labute approximate surface area is 129 Å². The fraction of sp³-hybridized carbons (Fsp3) is 0.200. The number of benzene rings is 2. The fourth-order valence-electron chi connectivity index (χ4n) is 1.94. The van der Waals surface area contributed by atoms with Crippen LogP contribution in [-0.2, 0) is 6.61 Å². The maximum absolute atomic E-state index is 9.22. The summed E-state index contributed by atoms with van der Waals surface area (Å²) in [6.45, 7) is 2.16. The molecule has 110 valence electrons. The van der Waals surface area contributed by atoms with Crippen LogP contribution in [0.15, 0.2) is 36.4 Å². The monoisotopic (exact) mass is 306 g/mol. The molecule has 0 atom stereocenters. The second-order valence-electron chi connectivity index (χ2n) is 4.64. The molecule has 0 saturated carbocycles. The van der Waals surface area contributed by atoms with Crippen LogP contribution in [0.4, 0.5) is 0 Å². The normalized spacial score (nSPS) is 10.3. The van der Waals surface area contributed by atoms with Crippen LogP contribution < -0.4 is 14.9 Å². The molecule has 0 aliphatic carbocycles. The molecule has 0 unspecified atom stereocenters. The van der Waals surface area contributed by atoms with Crippen molar-refractivity contribution in [2.75, 3.05) is 7.11 Å². The molecule has 2 aromatic rings. The Kier molecular flexibility index (Phi) is 5.12. The number of ether oxygens (including phenoxy) is 2. The molecule has 0 spiro atoms. The predicted octanol–water partition coefficient (Wildman–Crippen LogP) is 1.92. The van der Waals surface area contributed by atoms with Crippen molar-refractivity contribution >= 4 is 24.2 Å². The molecule has 0 amide bonds. The highest BCUT2D eigenvalue weighted by molar-refractivity contribution is 6.58. The third-order valence-corrected chi connectivity index (χ3v) is 3.55. The minimum atomic E-state index is -1.52. The highest BCUT2D eigenvalue weighted by Gasteiger charge is 2.14. The van der Waals surface area contributed by atoms with E-state index < -0.39 is 7.12 Å². The molecule has 0 bridgehead atoms. The van der Waals surface area contributed by atoms with E-state index in [-0.39, 0.29) is 6.61 Å². The molecule has 0 aliphatic heterocycles. The first-order valence-corrected chi connectivity index (χ1v) is 6.81. The van der Waals surface area contributed by atoms with Gasteiger partial charge in [-0.15, -0.1) is 0 Å². The van der Waals surface area contributed by atoms with Gasteiger partial charge in [-0.25, -0.2) is 0 Å². The first-order chi connectivity index (χ1) is 10.0. The molecule has 2 rings (SSSR count). The van der Waals surface area contributed by atoms with Gasteiger partial charge in [0.2, 0.25) is 0 Å². The molecule has 4 nitrogen and oxygen atoms in total. The Morgan fingerprint density at radius 2 is 1.90 bits per heavy atom. The SMILES string of the molecule is COc1ccc(B(O)O)cc1COc1ccc(Cl)c(C)c1. The number of methoxy groups -OCH3 is 1. The van der Waals surface area contributed by atoms with Crippen LogP contribution in [0.5, 0.6) is 11.5 Å². The molecule has 0 saturated heterocycles. The van der Waals surface area contributed by atoms with Crippen molar-refractivity contribution in [1.29, 1.82) is 0 Å². The Morgan fingerprint density at radius 3 is 2.52 bits per heavy atom. The fourth-order valence-corrected chi connectivity index (χ4v) is 2.06. The van der Waals surface area contributed by atoms with Crippen molar-refractivity contribution < 1.29 is 19.5 Å². The van der Waals surface area contributed by atoms with Gasteiger partial charge in [0.1, 0.15) is 18.1 Å². The van der Waals surface area contributed by atoms with Gasteiger partial charge in [-0.3, -0.25) is 0 Å². The average molecular weight is 307 g/mol. The minimum Gasteiger partial charge on any atom is -0.496 e. The summed E-state index contributed by atoms with van der Waals surface area (Å²) in [4.78, 5) is 0. The van der Waals surface area contributed by atoms with Gasteiger partial charge >= 0.3 is 7.12 Å². The van der Waals surface area contributed by atoms with E-state index in [2.05, 4.69) is 0 Å². The van der Waals surface area contributed by atoms with E-state index >= 15 is 0 Å². The van der Waals surface area contributed by atoms with Crippen LogP contribution in [0.1, 0.15) is 11.1 Å². The third-order valence-electron chi connectivity index (χ3n) is 3.13. The van der Waals surface area contributed by atoms with E-state index in [4.69, 9.17) is 21.1 Å². The van der Waals surface area contributed by atoms with Gasteiger partial charge in [-0.05, 0) is 42.2 Å². The number of halogens is 1. The van der Waals surface area contributed by atoms with Crippen LogP contribution in [0.2, 0.25) is 5.02 Å². The van der Waals surface area contributed by atoms with E-state index in [9.17, 15) is 10.0 Å². The zero-order valence-electron chi connectivity index (χ0n) is 11.8. The summed E-state index contributed by atoms with van der Waals surface area (Å²) in [5.74, 6) is 1.32. The van der Waals surface area contributed by atoms with E-state index in [1.807, 2.05) is 13.0 Å². The maximum Gasteiger partial charge on any atom is 0.488 e. The average Bonchev–Trinajstić information content (AvgIpc) is 2.48. The van der Waals surface area contributed by atoms with Crippen LogP contribution in [0, 0.1) is 6.92 Å². The van der Waals surface area contributed by atoms with Crippen LogP contribution >= 0.6 is 11.6 Å². The largest absolute Gasteiger partial charge is 0.496 e. The number of rotatable bonds is 5.